The molecule has 2 aromatic heterocycles. The molecule has 2 N–H and O–H groups in total. The predicted octanol–water partition coefficient (Wildman–Crippen LogP) is 3.98. The Morgan fingerprint density at radius 3 is 2.53 bits per heavy atom. The lowest BCUT2D eigenvalue weighted by atomic mass is 10.2. The number of fused-ring (bicyclic) bond motifs is 1. The second-order valence-electron chi connectivity index (χ2n) is 6.88. The van der Waals surface area contributed by atoms with Crippen LogP contribution in [-0.4, -0.2) is 33.6 Å². The van der Waals surface area contributed by atoms with E-state index in [0.29, 0.717) is 29.4 Å². The van der Waals surface area contributed by atoms with Crippen LogP contribution in [0.15, 0.2) is 67.1 Å². The van der Waals surface area contributed by atoms with Crippen LogP contribution in [-0.2, 0) is 18.4 Å². The lowest BCUT2D eigenvalue weighted by Crippen LogP contribution is -2.21. The standard InChI is InChI=1S/C23H21N5O4/c1-28-19-6-4-3-5-18(19)20(21(28)22(29)31-2)27-23(30)26-15-7-9-17(10-8-15)32-14-16-13-24-11-12-25-16/h3-13H,14H2,1-2H3,(H2,26,27,30). The molecule has 32 heavy (non-hydrogen) atoms. The van der Waals surface area contributed by atoms with Crippen LogP contribution in [0.3, 0.4) is 0 Å². The summed E-state index contributed by atoms with van der Waals surface area (Å²) in [5.41, 5.74) is 2.72. The molecule has 162 valence electrons. The van der Waals surface area contributed by atoms with E-state index in [1.807, 2.05) is 24.3 Å². The van der Waals surface area contributed by atoms with Gasteiger partial charge < -0.3 is 24.7 Å². The minimum Gasteiger partial charge on any atom is -0.487 e. The number of nitrogens with one attached hydrogen (secondary N) is 2. The molecule has 9 nitrogen and oxygen atoms in total. The van der Waals surface area contributed by atoms with Gasteiger partial charge in [-0.25, -0.2) is 9.59 Å². The number of benzene rings is 2. The van der Waals surface area contributed by atoms with E-state index in [2.05, 4.69) is 20.6 Å². The zero-order valence-electron chi connectivity index (χ0n) is 17.5. The largest absolute Gasteiger partial charge is 0.487 e. The molecule has 0 atom stereocenters. The van der Waals surface area contributed by atoms with Crippen molar-refractivity contribution in [2.45, 2.75) is 6.61 Å². The molecule has 4 aromatic rings. The molecule has 0 radical (unpaired) electrons. The van der Waals surface area contributed by atoms with E-state index in [0.717, 1.165) is 10.9 Å². The van der Waals surface area contributed by atoms with E-state index >= 15 is 0 Å². The van der Waals surface area contributed by atoms with Crippen molar-refractivity contribution in [3.63, 3.8) is 0 Å². The third-order valence-corrected chi connectivity index (χ3v) is 4.84. The van der Waals surface area contributed by atoms with Crippen LogP contribution in [0.2, 0.25) is 0 Å². The summed E-state index contributed by atoms with van der Waals surface area (Å²) >= 11 is 0. The minimum absolute atomic E-state index is 0.261. The van der Waals surface area contributed by atoms with Gasteiger partial charge in [-0.2, -0.15) is 0 Å². The summed E-state index contributed by atoms with van der Waals surface area (Å²) in [6, 6.07) is 13.8. The van der Waals surface area contributed by atoms with Crippen LogP contribution in [0, 0.1) is 0 Å². The average molecular weight is 431 g/mol. The SMILES string of the molecule is COC(=O)c1c(NC(=O)Nc2ccc(OCc3cnccn3)cc2)c2ccccc2n1C. The molecule has 4 rings (SSSR count). The summed E-state index contributed by atoms with van der Waals surface area (Å²) < 4.78 is 12.3. The van der Waals surface area contributed by atoms with Crippen molar-refractivity contribution in [2.75, 3.05) is 17.7 Å². The summed E-state index contributed by atoms with van der Waals surface area (Å²) in [5, 5.41) is 6.28. The quantitative estimate of drug-likeness (QED) is 0.447. The van der Waals surface area contributed by atoms with E-state index in [4.69, 9.17) is 9.47 Å². The Morgan fingerprint density at radius 1 is 1.03 bits per heavy atom. The first-order valence-corrected chi connectivity index (χ1v) is 9.78. The number of carbonyl (C=O) groups is 2. The number of para-hydroxylation sites is 1. The third kappa shape index (κ3) is 4.36. The van der Waals surface area contributed by atoms with Gasteiger partial charge in [-0.3, -0.25) is 9.97 Å². The number of nitrogens with zero attached hydrogens (tertiary/aromatic N) is 3. The summed E-state index contributed by atoms with van der Waals surface area (Å²) in [4.78, 5) is 33.1. The van der Waals surface area contributed by atoms with Crippen molar-refractivity contribution in [1.82, 2.24) is 14.5 Å². The second-order valence-corrected chi connectivity index (χ2v) is 6.88. The number of aromatic nitrogens is 3. The Bertz CT molecular complexity index is 1250. The smallest absolute Gasteiger partial charge is 0.356 e. The number of rotatable bonds is 6. The van der Waals surface area contributed by atoms with Gasteiger partial charge in [-0.15, -0.1) is 0 Å². The fourth-order valence-corrected chi connectivity index (χ4v) is 3.33. The molecule has 0 saturated carbocycles. The van der Waals surface area contributed by atoms with E-state index < -0.39 is 12.0 Å². The molecule has 0 saturated heterocycles. The number of aryl methyl sites for hydroxylation is 1. The lowest BCUT2D eigenvalue weighted by Gasteiger charge is -2.10. The van der Waals surface area contributed by atoms with Crippen molar-refractivity contribution < 1.29 is 19.1 Å². The van der Waals surface area contributed by atoms with E-state index in [-0.39, 0.29) is 5.69 Å². The van der Waals surface area contributed by atoms with Gasteiger partial charge in [0.2, 0.25) is 0 Å². The fraction of sp³-hybridized carbons (Fsp3) is 0.130. The number of urea groups is 1. The van der Waals surface area contributed by atoms with Crippen molar-refractivity contribution in [3.05, 3.63) is 78.5 Å². The number of methoxy groups -OCH3 is 1. The van der Waals surface area contributed by atoms with E-state index in [9.17, 15) is 9.59 Å². The highest BCUT2D eigenvalue weighted by atomic mass is 16.5. The van der Waals surface area contributed by atoms with Gasteiger partial charge in [0.05, 0.1) is 30.2 Å². The maximum absolute atomic E-state index is 12.7. The van der Waals surface area contributed by atoms with Crippen LogP contribution in [0.1, 0.15) is 16.2 Å². The van der Waals surface area contributed by atoms with Gasteiger partial charge in [0.15, 0.2) is 5.69 Å². The number of hydrogen-bond acceptors (Lipinski definition) is 6. The maximum atomic E-state index is 12.7. The second kappa shape index (κ2) is 9.17. The molecule has 2 heterocycles. The highest BCUT2D eigenvalue weighted by Gasteiger charge is 2.23. The topological polar surface area (TPSA) is 107 Å². The number of hydrogen-bond donors (Lipinski definition) is 2. The van der Waals surface area contributed by atoms with Gasteiger partial charge in [0.25, 0.3) is 0 Å². The van der Waals surface area contributed by atoms with Gasteiger partial charge in [0, 0.05) is 30.5 Å². The Balaban J connectivity index is 1.46. The number of esters is 1. The Hall–Kier alpha value is -4.40. The molecular weight excluding hydrogens is 410 g/mol. The molecule has 2 aromatic carbocycles. The first-order valence-electron chi connectivity index (χ1n) is 9.78. The minimum atomic E-state index is -0.538. The molecule has 0 spiro atoms. The lowest BCUT2D eigenvalue weighted by molar-refractivity contribution is 0.0591. The van der Waals surface area contributed by atoms with Gasteiger partial charge >= 0.3 is 12.0 Å². The number of ether oxygens (including phenoxy) is 2. The number of amides is 2. The molecule has 0 unspecified atom stereocenters. The third-order valence-electron chi connectivity index (χ3n) is 4.84. The highest BCUT2D eigenvalue weighted by Crippen LogP contribution is 2.31. The van der Waals surface area contributed by atoms with Gasteiger partial charge in [-0.1, -0.05) is 18.2 Å². The number of carbonyl (C=O) groups excluding carboxylic acids is 2. The fourth-order valence-electron chi connectivity index (χ4n) is 3.33. The molecule has 0 aliphatic carbocycles. The summed E-state index contributed by atoms with van der Waals surface area (Å²) in [5.74, 6) is 0.0900. The molecule has 0 bridgehead atoms. The molecular formula is C23H21N5O4. The van der Waals surface area contributed by atoms with Crippen LogP contribution >= 0.6 is 0 Å². The average Bonchev–Trinajstić information content (AvgIpc) is 3.10. The zero-order chi connectivity index (χ0) is 22.5. The monoisotopic (exact) mass is 431 g/mol. The molecule has 9 heteroatoms. The summed E-state index contributed by atoms with van der Waals surface area (Å²) in [6.45, 7) is 0.290. The Morgan fingerprint density at radius 2 is 1.81 bits per heavy atom. The normalized spacial score (nSPS) is 10.6. The van der Waals surface area contributed by atoms with E-state index in [1.165, 1.54) is 7.11 Å². The molecule has 2 amide bonds. The van der Waals surface area contributed by atoms with Crippen molar-refractivity contribution >= 4 is 34.3 Å². The number of anilines is 2. The highest BCUT2D eigenvalue weighted by molar-refractivity contribution is 6.13. The Labute approximate surface area is 184 Å². The first kappa shape index (κ1) is 20.9. The first-order chi connectivity index (χ1) is 15.6. The van der Waals surface area contributed by atoms with Crippen molar-refractivity contribution in [1.29, 1.82) is 0 Å². The summed E-state index contributed by atoms with van der Waals surface area (Å²) in [6.07, 6.45) is 4.84. The van der Waals surface area contributed by atoms with E-state index in [1.54, 1.807) is 54.5 Å². The van der Waals surface area contributed by atoms with Gasteiger partial charge in [-0.05, 0) is 30.3 Å². The van der Waals surface area contributed by atoms with Crippen molar-refractivity contribution in [3.8, 4) is 5.75 Å². The molecule has 0 aliphatic rings. The van der Waals surface area contributed by atoms with Crippen LogP contribution in [0.25, 0.3) is 10.9 Å². The van der Waals surface area contributed by atoms with Crippen LogP contribution in [0.5, 0.6) is 5.75 Å². The molecule has 0 aliphatic heterocycles. The van der Waals surface area contributed by atoms with Crippen LogP contribution < -0.4 is 15.4 Å². The maximum Gasteiger partial charge on any atom is 0.356 e. The van der Waals surface area contributed by atoms with Crippen molar-refractivity contribution in [2.24, 2.45) is 7.05 Å². The zero-order valence-corrected chi connectivity index (χ0v) is 17.5. The van der Waals surface area contributed by atoms with Gasteiger partial charge in [0.1, 0.15) is 12.4 Å². The van der Waals surface area contributed by atoms with Crippen LogP contribution in [0.4, 0.5) is 16.2 Å². The Kier molecular flexibility index (Phi) is 5.98. The molecule has 0 fully saturated rings. The predicted molar refractivity (Wildman–Crippen MR) is 120 cm³/mol. The summed E-state index contributed by atoms with van der Waals surface area (Å²) in [7, 11) is 3.05.